The van der Waals surface area contributed by atoms with Gasteiger partial charge >= 0.3 is 0 Å². The quantitative estimate of drug-likeness (QED) is 0.741. The summed E-state index contributed by atoms with van der Waals surface area (Å²) in [4.78, 5) is 19.5. The molecular weight excluding hydrogens is 352 g/mol. The Morgan fingerprint density at radius 2 is 2.07 bits per heavy atom. The highest BCUT2D eigenvalue weighted by Gasteiger charge is 2.21. The van der Waals surface area contributed by atoms with Gasteiger partial charge in [0.25, 0.3) is 5.91 Å². The van der Waals surface area contributed by atoms with Crippen molar-refractivity contribution in [2.75, 3.05) is 26.2 Å². The third-order valence-corrected chi connectivity index (χ3v) is 5.16. The molecule has 4 rings (SSSR count). The van der Waals surface area contributed by atoms with Crippen LogP contribution >= 0.6 is 0 Å². The lowest BCUT2D eigenvalue weighted by atomic mass is 10.1. The van der Waals surface area contributed by atoms with Crippen molar-refractivity contribution in [3.05, 3.63) is 66.0 Å². The van der Waals surface area contributed by atoms with Crippen LogP contribution in [0.5, 0.6) is 0 Å². The molecule has 1 fully saturated rings. The number of hydrogen-bond acceptors (Lipinski definition) is 4. The summed E-state index contributed by atoms with van der Waals surface area (Å²) < 4.78 is 7.86. The molecule has 1 amide bonds. The first-order valence-corrected chi connectivity index (χ1v) is 9.77. The Labute approximate surface area is 165 Å². The molecule has 2 heterocycles. The van der Waals surface area contributed by atoms with Gasteiger partial charge in [-0.3, -0.25) is 9.69 Å². The Bertz CT molecular complexity index is 938. The van der Waals surface area contributed by atoms with Crippen LogP contribution in [0, 0.1) is 0 Å². The maximum absolute atomic E-state index is 12.8. The van der Waals surface area contributed by atoms with Gasteiger partial charge in [-0.15, -0.1) is 0 Å². The number of benzene rings is 2. The summed E-state index contributed by atoms with van der Waals surface area (Å²) in [7, 11) is 1.90. The number of hydrogen-bond donors (Lipinski definition) is 1. The van der Waals surface area contributed by atoms with Crippen LogP contribution in [-0.2, 0) is 18.3 Å². The molecule has 0 aliphatic carbocycles. The summed E-state index contributed by atoms with van der Waals surface area (Å²) in [6, 6.07) is 16.1. The summed E-state index contributed by atoms with van der Waals surface area (Å²) in [5, 5.41) is 3.06. The Balaban J connectivity index is 1.39. The van der Waals surface area contributed by atoms with E-state index in [1.54, 1.807) is 6.33 Å². The van der Waals surface area contributed by atoms with Crippen molar-refractivity contribution in [3.63, 3.8) is 0 Å². The Kier molecular flexibility index (Phi) is 5.69. The van der Waals surface area contributed by atoms with E-state index in [2.05, 4.69) is 39.5 Å². The van der Waals surface area contributed by atoms with Crippen molar-refractivity contribution in [2.45, 2.75) is 19.1 Å². The number of carbonyl (C=O) groups is 1. The molecule has 6 nitrogen and oxygen atoms in total. The summed E-state index contributed by atoms with van der Waals surface area (Å²) in [5.41, 5.74) is 3.63. The average Bonchev–Trinajstić information content (AvgIpc) is 2.95. The van der Waals surface area contributed by atoms with E-state index in [-0.39, 0.29) is 12.0 Å². The van der Waals surface area contributed by atoms with Crippen LogP contribution in [0.1, 0.15) is 22.3 Å². The molecule has 0 spiro atoms. The van der Waals surface area contributed by atoms with E-state index in [9.17, 15) is 4.79 Å². The van der Waals surface area contributed by atoms with E-state index >= 15 is 0 Å². The largest absolute Gasteiger partial charge is 0.375 e. The van der Waals surface area contributed by atoms with Crippen LogP contribution in [0.25, 0.3) is 11.0 Å². The highest BCUT2D eigenvalue weighted by Crippen LogP contribution is 2.17. The topological polar surface area (TPSA) is 59.4 Å². The fraction of sp³-hybridized carbons (Fsp3) is 0.364. The maximum atomic E-state index is 12.8. The standard InChI is InChI=1S/C22H26N4O2/c1-25-16-24-20-10-5-9-19(21(20)25)22(27)23-13-18-15-26(11-6-12-28-18)14-17-7-3-2-4-8-17/h2-5,7-10,16,18H,6,11-15H2,1H3,(H,23,27). The summed E-state index contributed by atoms with van der Waals surface area (Å²) in [6.45, 7) is 3.95. The molecule has 1 aliphatic heterocycles. The van der Waals surface area contributed by atoms with Crippen molar-refractivity contribution >= 4 is 16.9 Å². The molecule has 1 aromatic heterocycles. The Morgan fingerprint density at radius 3 is 2.93 bits per heavy atom. The number of aryl methyl sites for hydroxylation is 1. The number of aromatic nitrogens is 2. The van der Waals surface area contributed by atoms with Crippen molar-refractivity contribution in [2.24, 2.45) is 7.05 Å². The second kappa shape index (κ2) is 8.54. The van der Waals surface area contributed by atoms with E-state index in [0.717, 1.165) is 43.7 Å². The maximum Gasteiger partial charge on any atom is 0.253 e. The third-order valence-electron chi connectivity index (χ3n) is 5.16. The summed E-state index contributed by atoms with van der Waals surface area (Å²) >= 11 is 0. The lowest BCUT2D eigenvalue weighted by molar-refractivity contribution is 0.0511. The fourth-order valence-corrected chi connectivity index (χ4v) is 3.78. The number of fused-ring (bicyclic) bond motifs is 1. The summed E-state index contributed by atoms with van der Waals surface area (Å²) in [6.07, 6.45) is 2.73. The monoisotopic (exact) mass is 378 g/mol. The van der Waals surface area contributed by atoms with Gasteiger partial charge in [-0.2, -0.15) is 0 Å². The van der Waals surface area contributed by atoms with E-state index in [0.29, 0.717) is 12.1 Å². The first-order valence-electron chi connectivity index (χ1n) is 9.77. The Hall–Kier alpha value is -2.70. The third kappa shape index (κ3) is 4.24. The number of amides is 1. The highest BCUT2D eigenvalue weighted by atomic mass is 16.5. The van der Waals surface area contributed by atoms with E-state index in [4.69, 9.17) is 4.74 Å². The SMILES string of the molecule is Cn1cnc2cccc(C(=O)NCC3CN(Cc4ccccc4)CCCO3)c21. The van der Waals surface area contributed by atoms with Crippen molar-refractivity contribution in [3.8, 4) is 0 Å². The zero-order valence-electron chi connectivity index (χ0n) is 16.2. The summed E-state index contributed by atoms with van der Waals surface area (Å²) in [5.74, 6) is -0.0864. The van der Waals surface area contributed by atoms with Crippen molar-refractivity contribution < 1.29 is 9.53 Å². The van der Waals surface area contributed by atoms with Gasteiger partial charge in [-0.05, 0) is 24.1 Å². The van der Waals surface area contributed by atoms with Crippen LogP contribution in [0.4, 0.5) is 0 Å². The van der Waals surface area contributed by atoms with Crippen molar-refractivity contribution in [1.82, 2.24) is 19.8 Å². The molecule has 3 aromatic rings. The molecule has 1 unspecified atom stereocenters. The van der Waals surface area contributed by atoms with Crippen LogP contribution in [-0.4, -0.2) is 52.7 Å². The molecule has 1 saturated heterocycles. The Morgan fingerprint density at radius 1 is 1.21 bits per heavy atom. The molecule has 0 bridgehead atoms. The van der Waals surface area contributed by atoms with E-state index in [1.165, 1.54) is 5.56 Å². The first-order chi connectivity index (χ1) is 13.7. The molecule has 28 heavy (non-hydrogen) atoms. The van der Waals surface area contributed by atoms with E-state index < -0.39 is 0 Å². The number of carbonyl (C=O) groups excluding carboxylic acids is 1. The van der Waals surface area contributed by atoms with Gasteiger partial charge in [0.15, 0.2) is 0 Å². The normalized spacial score (nSPS) is 18.1. The molecule has 0 radical (unpaired) electrons. The van der Waals surface area contributed by atoms with Gasteiger partial charge in [-0.1, -0.05) is 36.4 Å². The number of nitrogens with zero attached hydrogens (tertiary/aromatic N) is 3. The molecule has 146 valence electrons. The first kappa shape index (κ1) is 18.7. The molecule has 0 saturated carbocycles. The van der Waals surface area contributed by atoms with Crippen LogP contribution < -0.4 is 5.32 Å². The lowest BCUT2D eigenvalue weighted by Crippen LogP contribution is -2.40. The van der Waals surface area contributed by atoms with Crippen LogP contribution in [0.3, 0.4) is 0 Å². The van der Waals surface area contributed by atoms with Gasteiger partial charge in [-0.25, -0.2) is 4.98 Å². The zero-order chi connectivity index (χ0) is 19.3. The van der Waals surface area contributed by atoms with Gasteiger partial charge in [0.2, 0.25) is 0 Å². The van der Waals surface area contributed by atoms with Gasteiger partial charge in [0, 0.05) is 39.8 Å². The molecule has 2 aromatic carbocycles. The number of rotatable bonds is 5. The lowest BCUT2D eigenvalue weighted by Gasteiger charge is -2.24. The van der Waals surface area contributed by atoms with Gasteiger partial charge in [0.1, 0.15) is 0 Å². The molecule has 1 aliphatic rings. The fourth-order valence-electron chi connectivity index (χ4n) is 3.78. The predicted octanol–water partition coefficient (Wildman–Crippen LogP) is 2.59. The predicted molar refractivity (Wildman–Crippen MR) is 109 cm³/mol. The number of imidazole rings is 1. The minimum absolute atomic E-state index is 0.0131. The molecule has 1 N–H and O–H groups in total. The van der Waals surface area contributed by atoms with Crippen LogP contribution in [0.15, 0.2) is 54.9 Å². The zero-order valence-corrected chi connectivity index (χ0v) is 16.2. The average molecular weight is 378 g/mol. The van der Waals surface area contributed by atoms with Crippen molar-refractivity contribution in [1.29, 1.82) is 0 Å². The van der Waals surface area contributed by atoms with Gasteiger partial charge in [0.05, 0.1) is 29.0 Å². The highest BCUT2D eigenvalue weighted by molar-refractivity contribution is 6.05. The van der Waals surface area contributed by atoms with E-state index in [1.807, 2.05) is 35.9 Å². The second-order valence-electron chi connectivity index (χ2n) is 7.31. The molecule has 6 heteroatoms. The minimum Gasteiger partial charge on any atom is -0.375 e. The smallest absolute Gasteiger partial charge is 0.253 e. The number of ether oxygens (including phenoxy) is 1. The van der Waals surface area contributed by atoms with Crippen LogP contribution in [0.2, 0.25) is 0 Å². The second-order valence-corrected chi connectivity index (χ2v) is 7.31. The van der Waals surface area contributed by atoms with Gasteiger partial charge < -0.3 is 14.6 Å². The number of para-hydroxylation sites is 1. The minimum atomic E-state index is -0.0864. The molecule has 1 atom stereocenters. The molecular formula is C22H26N4O2. The number of nitrogens with one attached hydrogen (secondary N) is 1.